The Balaban J connectivity index is 2.33. The van der Waals surface area contributed by atoms with Gasteiger partial charge in [-0.3, -0.25) is 9.59 Å². The van der Waals surface area contributed by atoms with Crippen LogP contribution in [0.3, 0.4) is 0 Å². The SMILES string of the molecule is CC(=O)c1ccccc1C(=O)Nc1cccc(S(C)(=O)=O)c1. The zero-order chi connectivity index (χ0) is 16.3. The lowest BCUT2D eigenvalue weighted by atomic mass is 10.0. The number of hydrogen-bond donors (Lipinski definition) is 1. The minimum atomic E-state index is -3.35. The van der Waals surface area contributed by atoms with Gasteiger partial charge in [0, 0.05) is 17.5 Å². The van der Waals surface area contributed by atoms with Gasteiger partial charge in [0.25, 0.3) is 5.91 Å². The zero-order valence-corrected chi connectivity index (χ0v) is 13.0. The fraction of sp³-hybridized carbons (Fsp3) is 0.125. The van der Waals surface area contributed by atoms with Crippen LogP contribution in [-0.2, 0) is 9.84 Å². The van der Waals surface area contributed by atoms with Crippen LogP contribution in [-0.4, -0.2) is 26.4 Å². The minimum absolute atomic E-state index is 0.116. The van der Waals surface area contributed by atoms with Crippen molar-refractivity contribution in [1.82, 2.24) is 0 Å². The Morgan fingerprint density at radius 2 is 1.59 bits per heavy atom. The van der Waals surface area contributed by atoms with E-state index in [1.807, 2.05) is 0 Å². The van der Waals surface area contributed by atoms with Gasteiger partial charge in [-0.2, -0.15) is 0 Å². The van der Waals surface area contributed by atoms with Gasteiger partial charge in [0.2, 0.25) is 0 Å². The van der Waals surface area contributed by atoms with Crippen LogP contribution in [0.25, 0.3) is 0 Å². The van der Waals surface area contributed by atoms with Crippen LogP contribution in [0.4, 0.5) is 5.69 Å². The highest BCUT2D eigenvalue weighted by Crippen LogP contribution is 2.17. The number of carbonyl (C=O) groups excluding carboxylic acids is 2. The summed E-state index contributed by atoms with van der Waals surface area (Å²) in [6.07, 6.45) is 1.10. The molecular weight excluding hydrogens is 302 g/mol. The number of hydrogen-bond acceptors (Lipinski definition) is 4. The van der Waals surface area contributed by atoms with Crippen molar-refractivity contribution in [3.63, 3.8) is 0 Å². The molecule has 2 rings (SSSR count). The number of benzene rings is 2. The summed E-state index contributed by atoms with van der Waals surface area (Å²) >= 11 is 0. The van der Waals surface area contributed by atoms with E-state index in [-0.39, 0.29) is 16.2 Å². The van der Waals surface area contributed by atoms with Gasteiger partial charge in [0.1, 0.15) is 0 Å². The molecule has 1 N–H and O–H groups in total. The zero-order valence-electron chi connectivity index (χ0n) is 12.2. The van der Waals surface area contributed by atoms with Crippen LogP contribution in [0.2, 0.25) is 0 Å². The number of carbonyl (C=O) groups is 2. The monoisotopic (exact) mass is 317 g/mol. The first kappa shape index (κ1) is 15.9. The van der Waals surface area contributed by atoms with Crippen LogP contribution in [0, 0.1) is 0 Å². The summed E-state index contributed by atoms with van der Waals surface area (Å²) in [5, 5.41) is 2.61. The summed E-state index contributed by atoms with van der Waals surface area (Å²) in [5.41, 5.74) is 0.922. The fourth-order valence-electron chi connectivity index (χ4n) is 1.99. The molecule has 0 radical (unpaired) electrons. The number of nitrogens with one attached hydrogen (secondary N) is 1. The summed E-state index contributed by atoms with van der Waals surface area (Å²) in [7, 11) is -3.35. The number of rotatable bonds is 4. The Kier molecular flexibility index (Phi) is 4.42. The van der Waals surface area contributed by atoms with Crippen molar-refractivity contribution in [2.24, 2.45) is 0 Å². The summed E-state index contributed by atoms with van der Waals surface area (Å²) in [5.74, 6) is -0.674. The second kappa shape index (κ2) is 6.11. The average molecular weight is 317 g/mol. The van der Waals surface area contributed by atoms with Crippen molar-refractivity contribution in [2.45, 2.75) is 11.8 Å². The first-order chi connectivity index (χ1) is 10.3. The average Bonchev–Trinajstić information content (AvgIpc) is 2.46. The van der Waals surface area contributed by atoms with E-state index >= 15 is 0 Å². The molecule has 22 heavy (non-hydrogen) atoms. The van der Waals surface area contributed by atoms with Gasteiger partial charge in [-0.15, -0.1) is 0 Å². The number of Topliss-reactive ketones (excluding diaryl/α,β-unsaturated/α-hetero) is 1. The van der Waals surface area contributed by atoms with Crippen LogP contribution in [0.5, 0.6) is 0 Å². The Hall–Kier alpha value is -2.47. The van der Waals surface area contributed by atoms with Gasteiger partial charge in [-0.05, 0) is 31.2 Å². The molecule has 0 unspecified atom stereocenters. The fourth-order valence-corrected chi connectivity index (χ4v) is 2.66. The van der Waals surface area contributed by atoms with Crippen molar-refractivity contribution in [3.8, 4) is 0 Å². The topological polar surface area (TPSA) is 80.3 Å². The third-order valence-electron chi connectivity index (χ3n) is 3.07. The largest absolute Gasteiger partial charge is 0.322 e. The summed E-state index contributed by atoms with van der Waals surface area (Å²) in [6, 6.07) is 12.4. The van der Waals surface area contributed by atoms with Gasteiger partial charge < -0.3 is 5.32 Å². The molecule has 0 aliphatic rings. The van der Waals surface area contributed by atoms with Crippen LogP contribution in [0.15, 0.2) is 53.4 Å². The lowest BCUT2D eigenvalue weighted by Crippen LogP contribution is -2.15. The number of amides is 1. The molecule has 2 aromatic rings. The lowest BCUT2D eigenvalue weighted by molar-refractivity contribution is 0.0985. The maximum absolute atomic E-state index is 12.3. The van der Waals surface area contributed by atoms with Crippen LogP contribution in [0.1, 0.15) is 27.6 Å². The van der Waals surface area contributed by atoms with Gasteiger partial charge in [0.05, 0.1) is 10.5 Å². The van der Waals surface area contributed by atoms with Crippen molar-refractivity contribution in [1.29, 1.82) is 0 Å². The maximum atomic E-state index is 12.3. The molecule has 114 valence electrons. The molecule has 0 spiro atoms. The molecule has 5 nitrogen and oxygen atoms in total. The van der Waals surface area contributed by atoms with E-state index in [4.69, 9.17) is 0 Å². The summed E-state index contributed by atoms with van der Waals surface area (Å²) < 4.78 is 23.1. The molecule has 0 fully saturated rings. The molecule has 0 heterocycles. The number of sulfone groups is 1. The van der Waals surface area contributed by atoms with E-state index in [0.29, 0.717) is 11.3 Å². The van der Waals surface area contributed by atoms with Gasteiger partial charge in [-0.25, -0.2) is 8.42 Å². The Morgan fingerprint density at radius 3 is 2.18 bits per heavy atom. The van der Waals surface area contributed by atoms with E-state index in [2.05, 4.69) is 5.32 Å². The van der Waals surface area contributed by atoms with Gasteiger partial charge in [0.15, 0.2) is 15.6 Å². The number of ketones is 1. The van der Waals surface area contributed by atoms with Crippen molar-refractivity contribution in [2.75, 3.05) is 11.6 Å². The molecule has 0 aliphatic carbocycles. The third-order valence-corrected chi connectivity index (χ3v) is 4.18. The quantitative estimate of drug-likeness (QED) is 0.879. The molecule has 0 saturated heterocycles. The van der Waals surface area contributed by atoms with Crippen molar-refractivity contribution < 1.29 is 18.0 Å². The lowest BCUT2D eigenvalue weighted by Gasteiger charge is -2.09. The van der Waals surface area contributed by atoms with Gasteiger partial charge >= 0.3 is 0 Å². The standard InChI is InChI=1S/C16H15NO4S/c1-11(18)14-8-3-4-9-15(14)16(19)17-12-6-5-7-13(10-12)22(2,20)21/h3-10H,1-2H3,(H,17,19). The Morgan fingerprint density at radius 1 is 0.955 bits per heavy atom. The van der Waals surface area contributed by atoms with E-state index in [0.717, 1.165) is 6.26 Å². The molecular formula is C16H15NO4S. The third kappa shape index (κ3) is 3.59. The molecule has 6 heteroatoms. The van der Waals surface area contributed by atoms with Crippen LogP contribution >= 0.6 is 0 Å². The van der Waals surface area contributed by atoms with E-state index < -0.39 is 15.7 Å². The maximum Gasteiger partial charge on any atom is 0.256 e. The first-order valence-electron chi connectivity index (χ1n) is 6.50. The molecule has 0 saturated carbocycles. The Labute approximate surface area is 128 Å². The molecule has 1 amide bonds. The number of anilines is 1. The van der Waals surface area contributed by atoms with E-state index in [9.17, 15) is 18.0 Å². The highest BCUT2D eigenvalue weighted by molar-refractivity contribution is 7.90. The minimum Gasteiger partial charge on any atom is -0.322 e. The van der Waals surface area contributed by atoms with Crippen LogP contribution < -0.4 is 5.32 Å². The normalized spacial score (nSPS) is 11.0. The van der Waals surface area contributed by atoms with Gasteiger partial charge in [-0.1, -0.05) is 24.3 Å². The smallest absolute Gasteiger partial charge is 0.256 e. The molecule has 0 aliphatic heterocycles. The molecule has 2 aromatic carbocycles. The second-order valence-corrected chi connectivity index (χ2v) is 6.87. The predicted molar refractivity (Wildman–Crippen MR) is 84.0 cm³/mol. The predicted octanol–water partition coefficient (Wildman–Crippen LogP) is 2.55. The Bertz CT molecular complexity index is 841. The van der Waals surface area contributed by atoms with Crippen molar-refractivity contribution in [3.05, 3.63) is 59.7 Å². The van der Waals surface area contributed by atoms with E-state index in [1.54, 1.807) is 36.4 Å². The summed E-state index contributed by atoms with van der Waals surface area (Å²) in [6.45, 7) is 1.39. The molecule has 0 aromatic heterocycles. The van der Waals surface area contributed by atoms with E-state index in [1.165, 1.54) is 19.1 Å². The molecule has 0 bridgehead atoms. The highest BCUT2D eigenvalue weighted by Gasteiger charge is 2.15. The molecule has 0 atom stereocenters. The summed E-state index contributed by atoms with van der Waals surface area (Å²) in [4.78, 5) is 24.0. The van der Waals surface area contributed by atoms with Crippen molar-refractivity contribution >= 4 is 27.2 Å². The second-order valence-electron chi connectivity index (χ2n) is 4.86. The first-order valence-corrected chi connectivity index (χ1v) is 8.39. The highest BCUT2D eigenvalue weighted by atomic mass is 32.2.